The van der Waals surface area contributed by atoms with Crippen LogP contribution in [-0.4, -0.2) is 15.7 Å². The van der Waals surface area contributed by atoms with E-state index in [0.717, 1.165) is 0 Å². The average Bonchev–Trinajstić information content (AvgIpc) is 2.86. The molecule has 0 fully saturated rings. The van der Waals surface area contributed by atoms with Gasteiger partial charge in [0.2, 0.25) is 5.91 Å². The van der Waals surface area contributed by atoms with Gasteiger partial charge in [-0.25, -0.2) is 4.68 Å². The van der Waals surface area contributed by atoms with Crippen molar-refractivity contribution in [2.24, 2.45) is 5.41 Å². The van der Waals surface area contributed by atoms with Crippen LogP contribution in [0.1, 0.15) is 26.3 Å². The van der Waals surface area contributed by atoms with Crippen LogP contribution in [0.15, 0.2) is 18.3 Å². The highest BCUT2D eigenvalue weighted by atomic mass is 35.5. The maximum absolute atomic E-state index is 12.2. The van der Waals surface area contributed by atoms with Gasteiger partial charge >= 0.3 is 0 Å². The lowest BCUT2D eigenvalue weighted by atomic mass is 9.96. The zero-order valence-electron chi connectivity index (χ0n) is 12.6. The monoisotopic (exact) mass is 370 g/mol. The van der Waals surface area contributed by atoms with Crippen LogP contribution in [0.25, 0.3) is 5.69 Å². The Morgan fingerprint density at radius 1 is 1.26 bits per heavy atom. The van der Waals surface area contributed by atoms with Crippen LogP contribution in [-0.2, 0) is 4.79 Å². The third kappa shape index (κ3) is 3.45. The highest BCUT2D eigenvalue weighted by molar-refractivity contribution is 6.48. The Balaban J connectivity index is 2.58. The van der Waals surface area contributed by atoms with Crippen molar-refractivity contribution in [1.82, 2.24) is 9.78 Å². The normalized spacial score (nSPS) is 11.2. The molecule has 0 atom stereocenters. The Bertz CT molecular complexity index is 815. The minimum Gasteiger partial charge on any atom is -0.309 e. The molecule has 0 bridgehead atoms. The molecule has 0 saturated heterocycles. The van der Waals surface area contributed by atoms with E-state index in [9.17, 15) is 10.1 Å². The number of hydrogen-bond donors (Lipinski definition) is 1. The summed E-state index contributed by atoms with van der Waals surface area (Å²) in [6.07, 6.45) is 1.34. The second-order valence-corrected chi connectivity index (χ2v) is 6.99. The molecule has 23 heavy (non-hydrogen) atoms. The molecule has 0 radical (unpaired) electrons. The summed E-state index contributed by atoms with van der Waals surface area (Å²) in [5.74, 6) is -0.0281. The summed E-state index contributed by atoms with van der Waals surface area (Å²) in [5, 5.41) is 16.7. The molecule has 0 saturated carbocycles. The Morgan fingerprint density at radius 2 is 1.91 bits per heavy atom. The van der Waals surface area contributed by atoms with Gasteiger partial charge in [0.25, 0.3) is 0 Å². The van der Waals surface area contributed by atoms with E-state index in [1.165, 1.54) is 10.9 Å². The molecule has 2 aromatic rings. The molecule has 1 heterocycles. The van der Waals surface area contributed by atoms with E-state index >= 15 is 0 Å². The summed E-state index contributed by atoms with van der Waals surface area (Å²) in [5.41, 5.74) is -0.0139. The Kier molecular flexibility index (Phi) is 4.90. The second-order valence-electron chi connectivity index (χ2n) is 5.83. The lowest BCUT2D eigenvalue weighted by molar-refractivity contribution is -0.123. The van der Waals surface area contributed by atoms with Crippen LogP contribution < -0.4 is 5.32 Å². The van der Waals surface area contributed by atoms with Gasteiger partial charge in [-0.05, 0) is 12.1 Å². The third-order valence-corrected chi connectivity index (χ3v) is 4.33. The van der Waals surface area contributed by atoms with E-state index in [-0.39, 0.29) is 27.3 Å². The highest BCUT2D eigenvalue weighted by Gasteiger charge is 2.25. The van der Waals surface area contributed by atoms with Crippen molar-refractivity contribution in [3.05, 3.63) is 39.0 Å². The van der Waals surface area contributed by atoms with Crippen LogP contribution in [0, 0.1) is 16.7 Å². The summed E-state index contributed by atoms with van der Waals surface area (Å²) in [4.78, 5) is 12.2. The van der Waals surface area contributed by atoms with Gasteiger partial charge in [0, 0.05) is 5.41 Å². The topological polar surface area (TPSA) is 70.7 Å². The van der Waals surface area contributed by atoms with Crippen molar-refractivity contribution < 1.29 is 4.79 Å². The molecule has 5 nitrogen and oxygen atoms in total. The number of carbonyl (C=O) groups excluding carboxylic acids is 1. The molecule has 2 rings (SSSR count). The van der Waals surface area contributed by atoms with Gasteiger partial charge in [-0.3, -0.25) is 4.79 Å². The van der Waals surface area contributed by atoms with Gasteiger partial charge in [-0.2, -0.15) is 10.4 Å². The molecule has 0 aliphatic rings. The van der Waals surface area contributed by atoms with Crippen molar-refractivity contribution in [1.29, 1.82) is 5.26 Å². The standard InChI is InChI=1S/C15H13Cl3N4O/c1-15(2,3)14(23)21-13-8(6-19)7-20-22(13)10-5-4-9(16)11(17)12(10)18/h4-5,7H,1-3H3,(H,21,23). The van der Waals surface area contributed by atoms with Crippen LogP contribution in [0.4, 0.5) is 5.82 Å². The third-order valence-electron chi connectivity index (χ3n) is 3.05. The number of anilines is 1. The van der Waals surface area contributed by atoms with Crippen molar-refractivity contribution in [2.75, 3.05) is 5.32 Å². The van der Waals surface area contributed by atoms with E-state index in [2.05, 4.69) is 10.4 Å². The number of halogens is 3. The van der Waals surface area contributed by atoms with Gasteiger partial charge in [-0.15, -0.1) is 0 Å². The zero-order chi connectivity index (χ0) is 17.4. The van der Waals surface area contributed by atoms with Crippen molar-refractivity contribution in [3.8, 4) is 11.8 Å². The molecule has 120 valence electrons. The van der Waals surface area contributed by atoms with E-state index in [1.807, 2.05) is 6.07 Å². The fourth-order valence-electron chi connectivity index (χ4n) is 1.71. The van der Waals surface area contributed by atoms with E-state index in [1.54, 1.807) is 32.9 Å². The summed E-state index contributed by atoms with van der Waals surface area (Å²) >= 11 is 18.2. The molecule has 1 N–H and O–H groups in total. The lowest BCUT2D eigenvalue weighted by Gasteiger charge is -2.19. The first-order valence-corrected chi connectivity index (χ1v) is 7.73. The van der Waals surface area contributed by atoms with Crippen LogP contribution in [0.3, 0.4) is 0 Å². The minimum absolute atomic E-state index is 0.174. The summed E-state index contributed by atoms with van der Waals surface area (Å²) in [6, 6.07) is 5.16. The molecule has 8 heteroatoms. The number of amides is 1. The van der Waals surface area contributed by atoms with Gasteiger partial charge in [0.05, 0.1) is 27.0 Å². The van der Waals surface area contributed by atoms with E-state index in [4.69, 9.17) is 34.8 Å². The number of carbonyl (C=O) groups is 1. The largest absolute Gasteiger partial charge is 0.309 e. The summed E-state index contributed by atoms with van der Waals surface area (Å²) in [6.45, 7) is 5.30. The summed E-state index contributed by atoms with van der Waals surface area (Å²) < 4.78 is 1.35. The quantitative estimate of drug-likeness (QED) is 0.779. The first-order chi connectivity index (χ1) is 10.7. The molecule has 0 aliphatic heterocycles. The molecule has 1 aromatic carbocycles. The Labute approximate surface area is 148 Å². The fraction of sp³-hybridized carbons (Fsp3) is 0.267. The van der Waals surface area contributed by atoms with Gasteiger partial charge in [0.1, 0.15) is 11.6 Å². The van der Waals surface area contributed by atoms with Crippen LogP contribution >= 0.6 is 34.8 Å². The van der Waals surface area contributed by atoms with E-state index < -0.39 is 5.41 Å². The number of nitrogens with zero attached hydrogens (tertiary/aromatic N) is 3. The average molecular weight is 372 g/mol. The highest BCUT2D eigenvalue weighted by Crippen LogP contribution is 2.36. The molecule has 0 aliphatic carbocycles. The van der Waals surface area contributed by atoms with Gasteiger partial charge in [0.15, 0.2) is 5.82 Å². The maximum atomic E-state index is 12.2. The van der Waals surface area contributed by atoms with E-state index in [0.29, 0.717) is 10.7 Å². The molecular formula is C15H13Cl3N4O. The number of aromatic nitrogens is 2. The minimum atomic E-state index is -0.636. The molecule has 1 amide bonds. The number of hydrogen-bond acceptors (Lipinski definition) is 3. The van der Waals surface area contributed by atoms with Crippen LogP contribution in [0.5, 0.6) is 0 Å². The lowest BCUT2D eigenvalue weighted by Crippen LogP contribution is -2.29. The van der Waals surface area contributed by atoms with Crippen molar-refractivity contribution in [2.45, 2.75) is 20.8 Å². The van der Waals surface area contributed by atoms with Crippen molar-refractivity contribution >= 4 is 46.5 Å². The van der Waals surface area contributed by atoms with Crippen molar-refractivity contribution in [3.63, 3.8) is 0 Å². The Morgan fingerprint density at radius 3 is 2.48 bits per heavy atom. The predicted octanol–water partition coefficient (Wildman–Crippen LogP) is 4.69. The number of benzene rings is 1. The first kappa shape index (κ1) is 17.6. The molecule has 1 aromatic heterocycles. The number of nitrogens with one attached hydrogen (secondary N) is 1. The number of rotatable bonds is 2. The molecule has 0 spiro atoms. The predicted molar refractivity (Wildman–Crippen MR) is 91.4 cm³/mol. The van der Waals surface area contributed by atoms with Crippen LogP contribution in [0.2, 0.25) is 15.1 Å². The zero-order valence-corrected chi connectivity index (χ0v) is 14.9. The summed E-state index contributed by atoms with van der Waals surface area (Å²) in [7, 11) is 0. The molecule has 0 unspecified atom stereocenters. The fourth-order valence-corrected chi connectivity index (χ4v) is 2.32. The maximum Gasteiger partial charge on any atom is 0.230 e. The second kappa shape index (κ2) is 6.40. The van der Waals surface area contributed by atoms with Gasteiger partial charge in [-0.1, -0.05) is 55.6 Å². The molecular weight excluding hydrogens is 359 g/mol. The first-order valence-electron chi connectivity index (χ1n) is 6.60. The number of nitriles is 1. The van der Waals surface area contributed by atoms with Gasteiger partial charge < -0.3 is 5.32 Å². The SMILES string of the molecule is CC(C)(C)C(=O)Nc1c(C#N)cnn1-c1ccc(Cl)c(Cl)c1Cl. The smallest absolute Gasteiger partial charge is 0.230 e. The Hall–Kier alpha value is -1.74.